The third-order valence-corrected chi connectivity index (χ3v) is 15.0. The molecule has 0 amide bonds. The number of hydrogen-bond donors (Lipinski definition) is 0. The molecule has 2 fully saturated rings. The average molecular weight is 669 g/mol. The van der Waals surface area contributed by atoms with E-state index in [1.165, 1.54) is 64.2 Å². The maximum atomic E-state index is 4.73. The first-order valence-corrected chi connectivity index (χ1v) is 21.1. The van der Waals surface area contributed by atoms with Crippen LogP contribution in [0.5, 0.6) is 0 Å². The van der Waals surface area contributed by atoms with E-state index in [4.69, 9.17) is 20.3 Å². The molecule has 0 N–H and O–H groups in total. The minimum Gasteiger partial charge on any atom is -0.0620 e. The van der Waals surface area contributed by atoms with Gasteiger partial charge in [0.05, 0.1) is 48.4 Å². The number of hydrogen-bond acceptors (Lipinski definition) is 0. The van der Waals surface area contributed by atoms with Crippen LogP contribution < -0.4 is 21.2 Å². The molecule has 4 aromatic carbocycles. The van der Waals surface area contributed by atoms with Crippen molar-refractivity contribution in [2.24, 2.45) is 0 Å². The zero-order valence-corrected chi connectivity index (χ0v) is 28.4. The first-order chi connectivity index (χ1) is 20.3. The first kappa shape index (κ1) is 32.7. The molecule has 2 saturated carbocycles. The molecule has 0 atom stereocenters. The molecular formula is C36H44Cl2CoP2+2. The van der Waals surface area contributed by atoms with Gasteiger partial charge in [-0.3, -0.25) is 0 Å². The predicted molar refractivity (Wildman–Crippen MR) is 186 cm³/mol. The van der Waals surface area contributed by atoms with Gasteiger partial charge in [0.2, 0.25) is 0 Å². The average Bonchev–Trinajstić information content (AvgIpc) is 3.05. The molecule has 2 aliphatic rings. The Labute approximate surface area is 265 Å². The quantitative estimate of drug-likeness (QED) is 0.180. The first-order valence-electron chi connectivity index (χ1n) is 15.1. The molecular weight excluding hydrogens is 624 g/mol. The Hall–Kier alpha value is -1.17. The topological polar surface area (TPSA) is 0 Å². The summed E-state index contributed by atoms with van der Waals surface area (Å²) < 4.78 is 0. The van der Waals surface area contributed by atoms with Gasteiger partial charge in [0, 0.05) is 0 Å². The van der Waals surface area contributed by atoms with Gasteiger partial charge in [-0.1, -0.05) is 85.6 Å². The molecule has 0 bridgehead atoms. The van der Waals surface area contributed by atoms with Crippen LogP contribution in [0.25, 0.3) is 0 Å². The number of halogens is 2. The summed E-state index contributed by atoms with van der Waals surface area (Å²) in [7, 11) is 8.26. The molecule has 219 valence electrons. The molecule has 0 radical (unpaired) electrons. The summed E-state index contributed by atoms with van der Waals surface area (Å²) in [6.07, 6.45) is 14.3. The zero-order valence-electron chi connectivity index (χ0n) is 23.9. The van der Waals surface area contributed by atoms with Crippen LogP contribution in [-0.2, 0) is 12.9 Å². The van der Waals surface area contributed by atoms with Crippen molar-refractivity contribution >= 4 is 57.4 Å². The standard InChI is InChI=1S/2C18H21P.2ClH.Co/c2*1-4-10-16(11-5-1)19(17-12-6-2-7-13-17)18-14-8-3-9-15-18;;;/h2*1-2,4-7,10-13,18H,3,8-9,14-15H2;2*1H;/q;;;;+2. The Morgan fingerprint density at radius 3 is 0.829 bits per heavy atom. The van der Waals surface area contributed by atoms with Crippen LogP contribution in [0.15, 0.2) is 121 Å². The molecule has 0 aromatic heterocycles. The summed E-state index contributed by atoms with van der Waals surface area (Å²) in [6.45, 7) is 0. The van der Waals surface area contributed by atoms with Crippen molar-refractivity contribution < 1.29 is 12.9 Å². The van der Waals surface area contributed by atoms with Crippen molar-refractivity contribution in [3.63, 3.8) is 0 Å². The Bertz CT molecular complexity index is 1020. The Morgan fingerprint density at radius 2 is 0.610 bits per heavy atom. The SMILES string of the molecule is [Cl][Co][Cl].c1ccc([PH+](c2ccccc2)C2CCCCC2)cc1.c1ccc([PH+](c2ccccc2)C2CCCCC2)cc1. The minimum atomic E-state index is -0.600. The second kappa shape index (κ2) is 19.2. The van der Waals surface area contributed by atoms with Gasteiger partial charge in [-0.15, -0.1) is 0 Å². The number of benzene rings is 4. The summed E-state index contributed by atoms with van der Waals surface area (Å²) in [5.74, 6) is 0. The van der Waals surface area contributed by atoms with E-state index in [-0.39, 0.29) is 0 Å². The molecule has 4 aromatic rings. The van der Waals surface area contributed by atoms with Crippen molar-refractivity contribution in [3.05, 3.63) is 121 Å². The van der Waals surface area contributed by atoms with Gasteiger partial charge in [0.15, 0.2) is 0 Å². The fourth-order valence-corrected chi connectivity index (χ4v) is 13.3. The van der Waals surface area contributed by atoms with Crippen LogP contribution in [-0.4, -0.2) is 11.3 Å². The molecule has 5 heteroatoms. The van der Waals surface area contributed by atoms with Crippen LogP contribution in [0, 0.1) is 0 Å². The number of rotatable bonds is 6. The molecule has 0 unspecified atom stereocenters. The summed E-state index contributed by atoms with van der Waals surface area (Å²) in [4.78, 5) is 0. The van der Waals surface area contributed by atoms with Gasteiger partial charge >= 0.3 is 33.2 Å². The normalized spacial score (nSPS) is 16.0. The Balaban J connectivity index is 0.000000173. The second-order valence-electron chi connectivity index (χ2n) is 11.0. The summed E-state index contributed by atoms with van der Waals surface area (Å²) >= 11 is 0.382. The maximum Gasteiger partial charge on any atom is 0.0969 e. The summed E-state index contributed by atoms with van der Waals surface area (Å²) in [5.41, 5.74) is 1.84. The van der Waals surface area contributed by atoms with E-state index in [9.17, 15) is 0 Å². The fraction of sp³-hybridized carbons (Fsp3) is 0.333. The predicted octanol–water partition coefficient (Wildman–Crippen LogP) is 9.75. The minimum absolute atomic E-state index is 0.382. The molecule has 0 aliphatic heterocycles. The van der Waals surface area contributed by atoms with Gasteiger partial charge in [0.25, 0.3) is 0 Å². The van der Waals surface area contributed by atoms with Gasteiger partial charge in [-0.2, -0.15) is 0 Å². The van der Waals surface area contributed by atoms with Crippen LogP contribution in [0.1, 0.15) is 64.2 Å². The maximum absolute atomic E-state index is 4.73. The third kappa shape index (κ3) is 10.5. The fourth-order valence-electron chi connectivity index (χ4n) is 6.53. The summed E-state index contributed by atoms with van der Waals surface area (Å²) in [6, 6.07) is 44.9. The smallest absolute Gasteiger partial charge is 0.0620 e. The molecule has 0 nitrogen and oxygen atoms in total. The Kier molecular flexibility index (Phi) is 15.3. The molecule has 6 rings (SSSR count). The van der Waals surface area contributed by atoms with Crippen molar-refractivity contribution in [1.82, 2.24) is 0 Å². The van der Waals surface area contributed by atoms with Crippen LogP contribution in [0.3, 0.4) is 0 Å². The van der Waals surface area contributed by atoms with Crippen molar-refractivity contribution in [2.45, 2.75) is 75.5 Å². The van der Waals surface area contributed by atoms with E-state index >= 15 is 0 Å². The monoisotopic (exact) mass is 667 g/mol. The van der Waals surface area contributed by atoms with E-state index in [1.54, 1.807) is 21.2 Å². The van der Waals surface area contributed by atoms with Crippen molar-refractivity contribution in [1.29, 1.82) is 0 Å². The van der Waals surface area contributed by atoms with E-state index in [2.05, 4.69) is 121 Å². The van der Waals surface area contributed by atoms with Gasteiger partial charge in [-0.05, 0) is 99.9 Å². The molecule has 0 heterocycles. The van der Waals surface area contributed by atoms with Crippen LogP contribution in [0.2, 0.25) is 0 Å². The zero-order chi connectivity index (χ0) is 28.5. The molecule has 0 saturated heterocycles. The van der Waals surface area contributed by atoms with E-state index < -0.39 is 15.8 Å². The third-order valence-electron chi connectivity index (χ3n) is 8.37. The molecule has 2 aliphatic carbocycles. The summed E-state index contributed by atoms with van der Waals surface area (Å²) in [5, 5.41) is 6.35. The molecule has 41 heavy (non-hydrogen) atoms. The van der Waals surface area contributed by atoms with Gasteiger partial charge < -0.3 is 0 Å². The second-order valence-corrected chi connectivity index (χ2v) is 18.3. The van der Waals surface area contributed by atoms with Crippen molar-refractivity contribution in [3.8, 4) is 0 Å². The van der Waals surface area contributed by atoms with E-state index in [0.29, 0.717) is 12.9 Å². The van der Waals surface area contributed by atoms with Crippen molar-refractivity contribution in [2.75, 3.05) is 0 Å². The van der Waals surface area contributed by atoms with Gasteiger partial charge in [0.1, 0.15) is 0 Å². The van der Waals surface area contributed by atoms with E-state index in [0.717, 1.165) is 11.3 Å². The van der Waals surface area contributed by atoms with Crippen LogP contribution >= 0.6 is 36.1 Å². The van der Waals surface area contributed by atoms with Crippen LogP contribution in [0.4, 0.5) is 0 Å². The van der Waals surface area contributed by atoms with Gasteiger partial charge in [-0.25, -0.2) is 0 Å². The van der Waals surface area contributed by atoms with E-state index in [1.807, 2.05) is 0 Å². The Morgan fingerprint density at radius 1 is 0.390 bits per heavy atom. The largest absolute Gasteiger partial charge is 0.0969 e. The molecule has 0 spiro atoms.